The van der Waals surface area contributed by atoms with Crippen LogP contribution >= 0.6 is 11.6 Å². The summed E-state index contributed by atoms with van der Waals surface area (Å²) in [5.41, 5.74) is 3.10. The average Bonchev–Trinajstić information content (AvgIpc) is 2.80. The van der Waals surface area contributed by atoms with Crippen LogP contribution in [0.15, 0.2) is 36.4 Å². The van der Waals surface area contributed by atoms with E-state index in [2.05, 4.69) is 46.3 Å². The first-order chi connectivity index (χ1) is 15.5. The maximum Gasteiger partial charge on any atom is 0.251 e. The molecule has 1 aliphatic heterocycles. The lowest BCUT2D eigenvalue weighted by Gasteiger charge is -2.36. The topological polar surface area (TPSA) is 54.0 Å². The van der Waals surface area contributed by atoms with Gasteiger partial charge in [-0.15, -0.1) is 0 Å². The molecule has 0 aliphatic carbocycles. The van der Waals surface area contributed by atoms with Gasteiger partial charge in [-0.25, -0.2) is 0 Å². The lowest BCUT2D eigenvalue weighted by Crippen LogP contribution is -2.46. The minimum absolute atomic E-state index is 0.153. The summed E-state index contributed by atoms with van der Waals surface area (Å²) in [6.07, 6.45) is 1.99. The van der Waals surface area contributed by atoms with Crippen molar-refractivity contribution in [3.05, 3.63) is 52.5 Å². The molecule has 1 fully saturated rings. The number of amides is 1. The molecule has 2 aromatic rings. The van der Waals surface area contributed by atoms with Crippen LogP contribution in [-0.4, -0.2) is 63.8 Å². The quantitative estimate of drug-likeness (QED) is 0.534. The van der Waals surface area contributed by atoms with E-state index in [9.17, 15) is 4.79 Å². The van der Waals surface area contributed by atoms with Crippen molar-refractivity contribution in [3.8, 4) is 11.5 Å². The monoisotopic (exact) mass is 459 g/mol. The highest BCUT2D eigenvalue weighted by atomic mass is 35.5. The number of rotatable bonds is 10. The minimum atomic E-state index is -0.153. The second-order valence-electron chi connectivity index (χ2n) is 8.05. The fourth-order valence-electron chi connectivity index (χ4n) is 3.95. The van der Waals surface area contributed by atoms with Gasteiger partial charge in [0, 0.05) is 44.0 Å². The number of carbonyl (C=O) groups excluding carboxylic acids is 1. The van der Waals surface area contributed by atoms with Gasteiger partial charge in [-0.1, -0.05) is 23.7 Å². The van der Waals surface area contributed by atoms with Gasteiger partial charge in [-0.3, -0.25) is 9.69 Å². The van der Waals surface area contributed by atoms with Crippen molar-refractivity contribution in [3.63, 3.8) is 0 Å². The molecule has 0 atom stereocenters. The predicted octanol–water partition coefficient (Wildman–Crippen LogP) is 4.39. The van der Waals surface area contributed by atoms with Gasteiger partial charge >= 0.3 is 0 Å². The predicted molar refractivity (Wildman–Crippen MR) is 131 cm³/mol. The Labute approximate surface area is 196 Å². The summed E-state index contributed by atoms with van der Waals surface area (Å²) in [7, 11) is 1.54. The second kappa shape index (κ2) is 12.0. The summed E-state index contributed by atoms with van der Waals surface area (Å²) in [5, 5.41) is 3.36. The number of halogens is 1. The van der Waals surface area contributed by atoms with Crippen LogP contribution in [0, 0.1) is 6.92 Å². The molecule has 3 rings (SSSR count). The number of hydrogen-bond donors (Lipinski definition) is 1. The van der Waals surface area contributed by atoms with Crippen molar-refractivity contribution in [2.75, 3.05) is 57.9 Å². The van der Waals surface area contributed by atoms with E-state index in [1.165, 1.54) is 18.4 Å². The number of benzene rings is 2. The number of nitrogens with one attached hydrogen (secondary N) is 1. The lowest BCUT2D eigenvalue weighted by atomic mass is 10.1. The van der Waals surface area contributed by atoms with Crippen LogP contribution < -0.4 is 19.7 Å². The smallest absolute Gasteiger partial charge is 0.251 e. The maximum absolute atomic E-state index is 12.5. The standard InChI is InChI=1S/C25H34ClN3O3/c1-4-32-24-22(26)17-20(18-23(24)31-3)25(30)27-10-5-6-11-28-12-14-29(15-13-28)21-9-7-8-19(2)16-21/h7-9,16-18H,4-6,10-15H2,1-3H3,(H,27,30). The molecule has 1 N–H and O–H groups in total. The van der Waals surface area contributed by atoms with E-state index in [4.69, 9.17) is 21.1 Å². The fourth-order valence-corrected chi connectivity index (χ4v) is 4.22. The van der Waals surface area contributed by atoms with Crippen LogP contribution in [0.2, 0.25) is 5.02 Å². The zero-order valence-corrected chi connectivity index (χ0v) is 20.1. The van der Waals surface area contributed by atoms with Crippen LogP contribution in [0.3, 0.4) is 0 Å². The highest BCUT2D eigenvalue weighted by Crippen LogP contribution is 2.36. The van der Waals surface area contributed by atoms with Crippen molar-refractivity contribution >= 4 is 23.2 Å². The Morgan fingerprint density at radius 3 is 2.59 bits per heavy atom. The third kappa shape index (κ3) is 6.53. The van der Waals surface area contributed by atoms with Gasteiger partial charge < -0.3 is 19.7 Å². The van der Waals surface area contributed by atoms with Crippen molar-refractivity contribution in [1.82, 2.24) is 10.2 Å². The van der Waals surface area contributed by atoms with Crippen LogP contribution in [0.1, 0.15) is 35.7 Å². The number of nitrogens with zero attached hydrogens (tertiary/aromatic N) is 2. The molecular formula is C25H34ClN3O3. The highest BCUT2D eigenvalue weighted by molar-refractivity contribution is 6.32. The maximum atomic E-state index is 12.5. The Kier molecular flexibility index (Phi) is 9.06. The third-order valence-corrected chi connectivity index (χ3v) is 5.99. The number of ether oxygens (including phenoxy) is 2. The van der Waals surface area contributed by atoms with Crippen molar-refractivity contribution in [1.29, 1.82) is 0 Å². The number of unbranched alkanes of at least 4 members (excludes halogenated alkanes) is 1. The molecule has 0 unspecified atom stereocenters. The second-order valence-corrected chi connectivity index (χ2v) is 8.46. The molecule has 1 saturated heterocycles. The van der Waals surface area contributed by atoms with E-state index in [1.807, 2.05) is 6.92 Å². The summed E-state index contributed by atoms with van der Waals surface area (Å²) in [6.45, 7) is 10.4. The molecule has 0 aromatic heterocycles. The summed E-state index contributed by atoms with van der Waals surface area (Å²) < 4.78 is 10.8. The van der Waals surface area contributed by atoms with Gasteiger partial charge in [0.15, 0.2) is 11.5 Å². The van der Waals surface area contributed by atoms with E-state index < -0.39 is 0 Å². The van der Waals surface area contributed by atoms with E-state index in [-0.39, 0.29) is 5.91 Å². The molecule has 0 radical (unpaired) electrons. The molecule has 1 heterocycles. The number of anilines is 1. The number of hydrogen-bond acceptors (Lipinski definition) is 5. The zero-order valence-electron chi connectivity index (χ0n) is 19.3. The Balaban J connectivity index is 1.37. The van der Waals surface area contributed by atoms with E-state index in [1.54, 1.807) is 12.1 Å². The van der Waals surface area contributed by atoms with Crippen molar-refractivity contribution in [2.45, 2.75) is 26.7 Å². The van der Waals surface area contributed by atoms with Gasteiger partial charge in [-0.2, -0.15) is 0 Å². The molecule has 0 spiro atoms. The minimum Gasteiger partial charge on any atom is -0.493 e. The normalized spacial score (nSPS) is 14.3. The van der Waals surface area contributed by atoms with Gasteiger partial charge in [0.1, 0.15) is 0 Å². The van der Waals surface area contributed by atoms with Crippen LogP contribution in [0.5, 0.6) is 11.5 Å². The summed E-state index contributed by atoms with van der Waals surface area (Å²) in [6, 6.07) is 12.0. The van der Waals surface area contributed by atoms with Crippen molar-refractivity contribution in [2.24, 2.45) is 0 Å². The van der Waals surface area contributed by atoms with Gasteiger partial charge in [0.25, 0.3) is 5.91 Å². The largest absolute Gasteiger partial charge is 0.493 e. The third-order valence-electron chi connectivity index (χ3n) is 5.71. The summed E-state index contributed by atoms with van der Waals surface area (Å²) >= 11 is 6.27. The van der Waals surface area contributed by atoms with Crippen LogP contribution in [0.4, 0.5) is 5.69 Å². The first-order valence-corrected chi connectivity index (χ1v) is 11.7. The fraction of sp³-hybridized carbons (Fsp3) is 0.480. The first-order valence-electron chi connectivity index (χ1n) is 11.3. The zero-order chi connectivity index (χ0) is 22.9. The number of carbonyl (C=O) groups is 1. The van der Waals surface area contributed by atoms with E-state index in [0.29, 0.717) is 35.2 Å². The molecule has 0 bridgehead atoms. The Hall–Kier alpha value is -2.44. The molecular weight excluding hydrogens is 426 g/mol. The van der Waals surface area contributed by atoms with Gasteiger partial charge in [-0.05, 0) is 63.1 Å². The summed E-state index contributed by atoms with van der Waals surface area (Å²) in [5.74, 6) is 0.782. The molecule has 1 aliphatic rings. The molecule has 6 nitrogen and oxygen atoms in total. The van der Waals surface area contributed by atoms with Crippen LogP contribution in [0.25, 0.3) is 0 Å². The average molecular weight is 460 g/mol. The molecule has 1 amide bonds. The molecule has 2 aromatic carbocycles. The van der Waals surface area contributed by atoms with E-state index in [0.717, 1.165) is 45.6 Å². The SMILES string of the molecule is CCOc1c(Cl)cc(C(=O)NCCCCN2CCN(c3cccc(C)c3)CC2)cc1OC. The molecule has 174 valence electrons. The van der Waals surface area contributed by atoms with Gasteiger partial charge in [0.05, 0.1) is 18.7 Å². The molecule has 0 saturated carbocycles. The van der Waals surface area contributed by atoms with Crippen molar-refractivity contribution < 1.29 is 14.3 Å². The molecule has 32 heavy (non-hydrogen) atoms. The number of aryl methyl sites for hydroxylation is 1. The number of methoxy groups -OCH3 is 1. The Morgan fingerprint density at radius 2 is 1.91 bits per heavy atom. The Bertz CT molecular complexity index is 898. The van der Waals surface area contributed by atoms with Crippen LogP contribution in [-0.2, 0) is 0 Å². The Morgan fingerprint density at radius 1 is 1.12 bits per heavy atom. The highest BCUT2D eigenvalue weighted by Gasteiger charge is 2.17. The lowest BCUT2D eigenvalue weighted by molar-refractivity contribution is 0.0952. The van der Waals surface area contributed by atoms with Gasteiger partial charge in [0.2, 0.25) is 0 Å². The molecule has 7 heteroatoms. The first kappa shape index (κ1) is 24.2. The summed E-state index contributed by atoms with van der Waals surface area (Å²) in [4.78, 5) is 17.5. The number of piperazine rings is 1. The van der Waals surface area contributed by atoms with E-state index >= 15 is 0 Å².